The van der Waals surface area contributed by atoms with Crippen molar-refractivity contribution in [1.29, 1.82) is 0 Å². The van der Waals surface area contributed by atoms with Crippen LogP contribution >= 0.6 is 11.3 Å². The number of carboxylic acid groups (broad SMARTS) is 1. The zero-order valence-electron chi connectivity index (χ0n) is 11.5. The average molecular weight is 320 g/mol. The van der Waals surface area contributed by atoms with E-state index in [1.165, 1.54) is 7.05 Å². The van der Waals surface area contributed by atoms with E-state index in [4.69, 9.17) is 15.3 Å². The second kappa shape index (κ2) is 5.48. The first kappa shape index (κ1) is 14.1. The van der Waals surface area contributed by atoms with Gasteiger partial charge in [-0.25, -0.2) is 9.69 Å². The summed E-state index contributed by atoms with van der Waals surface area (Å²) in [4.78, 5) is 23.9. The van der Waals surface area contributed by atoms with Gasteiger partial charge < -0.3 is 20.6 Å². The molecule has 0 fully saturated rings. The SMILES string of the molecule is CN(C(=O)O)c1nc2c(NCc3ccsc3)nc(N)nc2o1. The van der Waals surface area contributed by atoms with Crippen LogP contribution in [0.1, 0.15) is 5.56 Å². The van der Waals surface area contributed by atoms with Gasteiger partial charge in [-0.1, -0.05) is 0 Å². The number of rotatable bonds is 4. The van der Waals surface area contributed by atoms with Crippen LogP contribution in [0.15, 0.2) is 21.2 Å². The predicted octanol–water partition coefficient (Wildman–Crippen LogP) is 1.99. The van der Waals surface area contributed by atoms with Gasteiger partial charge in [-0.2, -0.15) is 26.3 Å². The maximum absolute atomic E-state index is 11.0. The maximum Gasteiger partial charge on any atom is 0.415 e. The predicted molar refractivity (Wildman–Crippen MR) is 82.1 cm³/mol. The normalized spacial score (nSPS) is 10.8. The Bertz CT molecular complexity index is 816. The van der Waals surface area contributed by atoms with E-state index in [9.17, 15) is 4.79 Å². The van der Waals surface area contributed by atoms with E-state index in [-0.39, 0.29) is 17.7 Å². The Kier molecular flexibility index (Phi) is 3.51. The number of nitrogens with two attached hydrogens (primary N) is 1. The van der Waals surface area contributed by atoms with Crippen LogP contribution in [0.5, 0.6) is 0 Å². The zero-order valence-corrected chi connectivity index (χ0v) is 12.3. The molecule has 0 unspecified atom stereocenters. The first-order valence-corrected chi connectivity index (χ1v) is 7.14. The Morgan fingerprint density at radius 2 is 2.32 bits per heavy atom. The molecule has 0 aliphatic rings. The van der Waals surface area contributed by atoms with E-state index in [2.05, 4.69) is 20.3 Å². The third kappa shape index (κ3) is 2.63. The summed E-state index contributed by atoms with van der Waals surface area (Å²) < 4.78 is 5.31. The van der Waals surface area contributed by atoms with Crippen LogP contribution in [0.25, 0.3) is 11.2 Å². The van der Waals surface area contributed by atoms with Crippen LogP contribution in [0.4, 0.5) is 22.6 Å². The molecule has 0 aliphatic carbocycles. The van der Waals surface area contributed by atoms with Crippen molar-refractivity contribution < 1.29 is 14.3 Å². The first-order chi connectivity index (χ1) is 10.5. The molecule has 0 atom stereocenters. The number of nitrogens with one attached hydrogen (secondary N) is 1. The molecule has 0 radical (unpaired) electrons. The van der Waals surface area contributed by atoms with Gasteiger partial charge in [0.25, 0.3) is 5.71 Å². The monoisotopic (exact) mass is 320 g/mol. The second-order valence-electron chi connectivity index (χ2n) is 4.41. The van der Waals surface area contributed by atoms with Gasteiger partial charge in [-0.15, -0.1) is 0 Å². The van der Waals surface area contributed by atoms with Gasteiger partial charge in [0.2, 0.25) is 5.95 Å². The molecule has 0 saturated carbocycles. The smallest absolute Gasteiger partial charge is 0.415 e. The minimum absolute atomic E-state index is 0.0148. The number of nitrogens with zero attached hydrogens (tertiary/aromatic N) is 4. The van der Waals surface area contributed by atoms with Gasteiger partial charge in [-0.05, 0) is 22.4 Å². The lowest BCUT2D eigenvalue weighted by Crippen LogP contribution is -2.23. The summed E-state index contributed by atoms with van der Waals surface area (Å²) >= 11 is 1.59. The number of aromatic nitrogens is 3. The fourth-order valence-corrected chi connectivity index (χ4v) is 2.42. The lowest BCUT2D eigenvalue weighted by atomic mass is 10.3. The minimum Gasteiger partial charge on any atom is -0.465 e. The van der Waals surface area contributed by atoms with Gasteiger partial charge >= 0.3 is 12.1 Å². The lowest BCUT2D eigenvalue weighted by Gasteiger charge is -2.05. The quantitative estimate of drug-likeness (QED) is 0.665. The van der Waals surface area contributed by atoms with Gasteiger partial charge in [0.05, 0.1) is 0 Å². The molecule has 22 heavy (non-hydrogen) atoms. The molecule has 0 saturated heterocycles. The van der Waals surface area contributed by atoms with E-state index < -0.39 is 6.09 Å². The van der Waals surface area contributed by atoms with Crippen LogP contribution in [0, 0.1) is 0 Å². The van der Waals surface area contributed by atoms with Crippen molar-refractivity contribution in [3.05, 3.63) is 22.4 Å². The van der Waals surface area contributed by atoms with Crippen LogP contribution < -0.4 is 16.0 Å². The van der Waals surface area contributed by atoms with Crippen molar-refractivity contribution in [2.24, 2.45) is 0 Å². The Hall–Kier alpha value is -2.88. The first-order valence-electron chi connectivity index (χ1n) is 6.20. The summed E-state index contributed by atoms with van der Waals surface area (Å²) in [5.74, 6) is 0.406. The van der Waals surface area contributed by atoms with Crippen LogP contribution in [0.3, 0.4) is 0 Å². The topological polar surface area (TPSA) is 130 Å². The molecular formula is C12H12N6O3S. The number of thiophene rings is 1. The minimum atomic E-state index is -1.19. The van der Waals surface area contributed by atoms with Gasteiger partial charge in [-0.3, -0.25) is 0 Å². The highest BCUT2D eigenvalue weighted by Crippen LogP contribution is 2.26. The third-order valence-corrected chi connectivity index (χ3v) is 3.61. The van der Waals surface area contributed by atoms with Crippen molar-refractivity contribution in [2.45, 2.75) is 6.54 Å². The summed E-state index contributed by atoms with van der Waals surface area (Å²) in [5, 5.41) is 16.0. The Balaban J connectivity index is 1.96. The molecule has 0 bridgehead atoms. The molecule has 3 rings (SSSR count). The van der Waals surface area contributed by atoms with Crippen molar-refractivity contribution in [3.8, 4) is 0 Å². The van der Waals surface area contributed by atoms with Crippen molar-refractivity contribution in [3.63, 3.8) is 0 Å². The number of fused-ring (bicyclic) bond motifs is 1. The second-order valence-corrected chi connectivity index (χ2v) is 5.19. The molecule has 10 heteroatoms. The van der Waals surface area contributed by atoms with Crippen molar-refractivity contribution in [1.82, 2.24) is 15.0 Å². The standard InChI is InChI=1S/C12H12N6O3S/c1-18(12(19)20)11-15-7-8(14-4-6-2-3-22-5-6)16-10(13)17-9(7)21-11/h2-3,5H,4H2,1H3,(H,19,20)(H3,13,14,16,17). The highest BCUT2D eigenvalue weighted by Gasteiger charge is 2.19. The molecule has 3 heterocycles. The molecule has 9 nitrogen and oxygen atoms in total. The summed E-state index contributed by atoms with van der Waals surface area (Å²) in [6.45, 7) is 0.534. The van der Waals surface area contributed by atoms with E-state index >= 15 is 0 Å². The molecule has 0 aliphatic heterocycles. The lowest BCUT2D eigenvalue weighted by molar-refractivity contribution is 0.202. The van der Waals surface area contributed by atoms with E-state index in [0.29, 0.717) is 17.9 Å². The Morgan fingerprint density at radius 3 is 3.00 bits per heavy atom. The van der Waals surface area contributed by atoms with Crippen LogP contribution in [-0.4, -0.2) is 33.2 Å². The van der Waals surface area contributed by atoms with Gasteiger partial charge in [0.1, 0.15) is 0 Å². The molecule has 114 valence electrons. The highest BCUT2D eigenvalue weighted by molar-refractivity contribution is 7.07. The number of anilines is 3. The van der Waals surface area contributed by atoms with Gasteiger partial charge in [0.15, 0.2) is 11.3 Å². The molecule has 3 aromatic rings. The van der Waals surface area contributed by atoms with Gasteiger partial charge in [0, 0.05) is 13.6 Å². The molecule has 0 spiro atoms. The van der Waals surface area contributed by atoms with Crippen molar-refractivity contribution >= 4 is 46.4 Å². The molecule has 3 aromatic heterocycles. The van der Waals surface area contributed by atoms with E-state index in [1.807, 2.05) is 16.8 Å². The van der Waals surface area contributed by atoms with E-state index in [1.54, 1.807) is 11.3 Å². The third-order valence-electron chi connectivity index (χ3n) is 2.88. The Labute approximate surface area is 128 Å². The van der Waals surface area contributed by atoms with Crippen LogP contribution in [0.2, 0.25) is 0 Å². The number of nitrogen functional groups attached to an aromatic ring is 1. The number of hydrogen-bond donors (Lipinski definition) is 3. The summed E-state index contributed by atoms with van der Waals surface area (Å²) in [6, 6.07) is 1.88. The number of oxazole rings is 1. The number of carbonyl (C=O) groups is 1. The fourth-order valence-electron chi connectivity index (χ4n) is 1.76. The Morgan fingerprint density at radius 1 is 1.50 bits per heavy atom. The molecule has 1 amide bonds. The number of amides is 1. The maximum atomic E-state index is 11.0. The molecular weight excluding hydrogens is 308 g/mol. The molecule has 0 aromatic carbocycles. The largest absolute Gasteiger partial charge is 0.465 e. The average Bonchev–Trinajstić information content (AvgIpc) is 3.12. The fraction of sp³-hybridized carbons (Fsp3) is 0.167. The highest BCUT2D eigenvalue weighted by atomic mass is 32.1. The van der Waals surface area contributed by atoms with Crippen molar-refractivity contribution in [2.75, 3.05) is 23.0 Å². The molecule has 4 N–H and O–H groups in total. The van der Waals surface area contributed by atoms with Crippen LogP contribution in [-0.2, 0) is 6.54 Å². The summed E-state index contributed by atoms with van der Waals surface area (Å²) in [7, 11) is 1.32. The summed E-state index contributed by atoms with van der Waals surface area (Å²) in [5.41, 5.74) is 7.18. The van der Waals surface area contributed by atoms with E-state index in [0.717, 1.165) is 10.5 Å². The zero-order chi connectivity index (χ0) is 15.7. The summed E-state index contributed by atoms with van der Waals surface area (Å²) in [6.07, 6.45) is -1.19. The number of hydrogen-bond acceptors (Lipinski definition) is 8.